The van der Waals surface area contributed by atoms with Crippen LogP contribution >= 0.6 is 0 Å². The molecule has 0 amide bonds. The van der Waals surface area contributed by atoms with E-state index in [4.69, 9.17) is 0 Å². The van der Waals surface area contributed by atoms with Gasteiger partial charge < -0.3 is 0 Å². The van der Waals surface area contributed by atoms with Crippen molar-refractivity contribution in [3.63, 3.8) is 0 Å². The van der Waals surface area contributed by atoms with E-state index in [0.29, 0.717) is 16.2 Å². The first kappa shape index (κ1) is 10.1. The van der Waals surface area contributed by atoms with Crippen molar-refractivity contribution in [3.8, 4) is 0 Å². The van der Waals surface area contributed by atoms with Gasteiger partial charge in [-0.15, -0.1) is 0 Å². The Morgan fingerprint density at radius 3 is 2.00 bits per heavy atom. The Balaban J connectivity index is 2.53. The number of halogens is 3. The highest BCUT2D eigenvalue weighted by Crippen LogP contribution is 2.27. The molecule has 0 spiro atoms. The summed E-state index contributed by atoms with van der Waals surface area (Å²) in [6.45, 7) is 0. The summed E-state index contributed by atoms with van der Waals surface area (Å²) in [5.74, 6) is -2.21. The zero-order chi connectivity index (χ0) is 12.0. The van der Waals surface area contributed by atoms with Gasteiger partial charge in [-0.1, -0.05) is 18.2 Å². The Hall–Kier alpha value is -2.03. The summed E-state index contributed by atoms with van der Waals surface area (Å²) < 4.78 is 39.5. The Morgan fingerprint density at radius 1 is 0.588 bits per heavy atom. The van der Waals surface area contributed by atoms with Crippen molar-refractivity contribution in [1.29, 1.82) is 0 Å². The van der Waals surface area contributed by atoms with Gasteiger partial charge in [-0.3, -0.25) is 0 Å². The molecular weight excluding hydrogens is 225 g/mol. The molecule has 3 heteroatoms. The van der Waals surface area contributed by atoms with Crippen molar-refractivity contribution < 1.29 is 13.2 Å². The van der Waals surface area contributed by atoms with Gasteiger partial charge in [-0.2, -0.15) is 0 Å². The van der Waals surface area contributed by atoms with E-state index < -0.39 is 17.5 Å². The number of fused-ring (bicyclic) bond motifs is 3. The molecule has 0 radical (unpaired) electrons. The summed E-state index contributed by atoms with van der Waals surface area (Å²) in [6.07, 6.45) is 0. The first-order chi connectivity index (χ1) is 8.15. The summed E-state index contributed by atoms with van der Waals surface area (Å²) in [4.78, 5) is 0. The van der Waals surface area contributed by atoms with E-state index in [9.17, 15) is 13.2 Å². The van der Waals surface area contributed by atoms with Gasteiger partial charge in [0.05, 0.1) is 0 Å². The van der Waals surface area contributed by atoms with Gasteiger partial charge in [-0.25, -0.2) is 13.2 Å². The summed E-state index contributed by atoms with van der Waals surface area (Å²) in [7, 11) is 0. The number of rotatable bonds is 0. The molecule has 0 aliphatic rings. The second-order valence-electron chi connectivity index (χ2n) is 3.92. The van der Waals surface area contributed by atoms with Crippen LogP contribution in [0.3, 0.4) is 0 Å². The molecule has 0 aliphatic carbocycles. The maximum Gasteiger partial charge on any atom is 0.159 e. The van der Waals surface area contributed by atoms with E-state index in [1.807, 2.05) is 0 Å². The highest BCUT2D eigenvalue weighted by molar-refractivity contribution is 6.07. The zero-order valence-electron chi connectivity index (χ0n) is 8.68. The lowest BCUT2D eigenvalue weighted by atomic mass is 10.0. The minimum atomic E-state index is -0.922. The fourth-order valence-corrected chi connectivity index (χ4v) is 2.02. The summed E-state index contributed by atoms with van der Waals surface area (Å²) in [5.41, 5.74) is 0. The van der Waals surface area contributed by atoms with Crippen molar-refractivity contribution in [1.82, 2.24) is 0 Å². The molecule has 84 valence electrons. The molecule has 0 unspecified atom stereocenters. The van der Waals surface area contributed by atoms with Gasteiger partial charge in [-0.05, 0) is 45.8 Å². The van der Waals surface area contributed by atoms with Crippen LogP contribution in [0.15, 0.2) is 42.5 Å². The largest absolute Gasteiger partial charge is 0.207 e. The van der Waals surface area contributed by atoms with Crippen molar-refractivity contribution in [2.45, 2.75) is 0 Å². The smallest absolute Gasteiger partial charge is 0.159 e. The molecule has 0 bridgehead atoms. The van der Waals surface area contributed by atoms with Crippen LogP contribution in [-0.4, -0.2) is 0 Å². The second-order valence-corrected chi connectivity index (χ2v) is 3.92. The van der Waals surface area contributed by atoms with E-state index in [1.165, 1.54) is 12.1 Å². The first-order valence-electron chi connectivity index (χ1n) is 5.12. The molecule has 0 nitrogen and oxygen atoms in total. The predicted octanol–water partition coefficient (Wildman–Crippen LogP) is 4.41. The van der Waals surface area contributed by atoms with Gasteiger partial charge in [0.1, 0.15) is 5.82 Å². The third kappa shape index (κ3) is 1.55. The third-order valence-electron chi connectivity index (χ3n) is 2.84. The predicted molar refractivity (Wildman–Crippen MR) is 61.3 cm³/mol. The van der Waals surface area contributed by atoms with Crippen molar-refractivity contribution in [3.05, 3.63) is 59.9 Å². The molecule has 0 saturated heterocycles. The normalized spacial score (nSPS) is 11.2. The van der Waals surface area contributed by atoms with E-state index in [0.717, 1.165) is 17.5 Å². The van der Waals surface area contributed by atoms with Crippen molar-refractivity contribution >= 4 is 21.5 Å². The zero-order valence-corrected chi connectivity index (χ0v) is 8.68. The molecule has 3 aromatic carbocycles. The highest BCUT2D eigenvalue weighted by Gasteiger charge is 2.07. The lowest BCUT2D eigenvalue weighted by molar-refractivity contribution is 0.511. The van der Waals surface area contributed by atoms with Gasteiger partial charge in [0.25, 0.3) is 0 Å². The third-order valence-corrected chi connectivity index (χ3v) is 2.84. The SMILES string of the molecule is Fc1ccc2ccc3cc(F)c(F)cc3c2c1. The van der Waals surface area contributed by atoms with Gasteiger partial charge in [0.2, 0.25) is 0 Å². The van der Waals surface area contributed by atoms with E-state index in [1.54, 1.807) is 18.2 Å². The van der Waals surface area contributed by atoms with E-state index >= 15 is 0 Å². The van der Waals surface area contributed by atoms with Crippen LogP contribution in [0.1, 0.15) is 0 Å². The summed E-state index contributed by atoms with van der Waals surface area (Å²) in [5, 5.41) is 2.45. The van der Waals surface area contributed by atoms with Gasteiger partial charge in [0.15, 0.2) is 11.6 Å². The fourth-order valence-electron chi connectivity index (χ4n) is 2.02. The molecule has 0 aliphatic heterocycles. The Labute approximate surface area is 95.3 Å². The Morgan fingerprint density at radius 2 is 1.18 bits per heavy atom. The van der Waals surface area contributed by atoms with Crippen molar-refractivity contribution in [2.24, 2.45) is 0 Å². The van der Waals surface area contributed by atoms with Crippen LogP contribution < -0.4 is 0 Å². The Kier molecular flexibility index (Phi) is 2.08. The van der Waals surface area contributed by atoms with Crippen LogP contribution in [0.2, 0.25) is 0 Å². The van der Waals surface area contributed by atoms with E-state index in [2.05, 4.69) is 0 Å². The quantitative estimate of drug-likeness (QED) is 0.503. The average molecular weight is 232 g/mol. The van der Waals surface area contributed by atoms with Gasteiger partial charge >= 0.3 is 0 Å². The molecule has 0 aromatic heterocycles. The summed E-state index contributed by atoms with van der Waals surface area (Å²) in [6, 6.07) is 9.96. The maximum absolute atomic E-state index is 13.2. The lowest BCUT2D eigenvalue weighted by Crippen LogP contribution is -1.86. The molecule has 3 rings (SSSR count). The lowest BCUT2D eigenvalue weighted by Gasteiger charge is -2.04. The highest BCUT2D eigenvalue weighted by atomic mass is 19.2. The molecule has 0 heterocycles. The molecule has 0 atom stereocenters. The molecule has 3 aromatic rings. The Bertz CT molecular complexity index is 732. The maximum atomic E-state index is 13.2. The minimum Gasteiger partial charge on any atom is -0.207 e. The molecular formula is C14H7F3. The molecule has 0 fully saturated rings. The molecule has 0 N–H and O–H groups in total. The van der Waals surface area contributed by atoms with Gasteiger partial charge in [0, 0.05) is 0 Å². The standard InChI is InChI=1S/C14H7F3/c15-10-4-3-8-1-2-9-5-13(16)14(17)7-12(9)11(8)6-10/h1-7H. The van der Waals surface area contributed by atoms with Crippen LogP contribution in [0.5, 0.6) is 0 Å². The average Bonchev–Trinajstić information content (AvgIpc) is 2.31. The second kappa shape index (κ2) is 3.48. The van der Waals surface area contributed by atoms with Crippen LogP contribution in [0.4, 0.5) is 13.2 Å². The van der Waals surface area contributed by atoms with E-state index in [-0.39, 0.29) is 0 Å². The first-order valence-corrected chi connectivity index (χ1v) is 5.12. The van der Waals surface area contributed by atoms with Crippen LogP contribution in [0.25, 0.3) is 21.5 Å². The molecule has 17 heavy (non-hydrogen) atoms. The summed E-state index contributed by atoms with van der Waals surface area (Å²) >= 11 is 0. The minimum absolute atomic E-state index is 0.394. The number of hydrogen-bond acceptors (Lipinski definition) is 0. The van der Waals surface area contributed by atoms with Crippen LogP contribution in [0, 0.1) is 17.5 Å². The molecule has 0 saturated carbocycles. The van der Waals surface area contributed by atoms with Crippen molar-refractivity contribution in [2.75, 3.05) is 0 Å². The van der Waals surface area contributed by atoms with Crippen LogP contribution in [-0.2, 0) is 0 Å². The topological polar surface area (TPSA) is 0 Å². The monoisotopic (exact) mass is 232 g/mol. The number of hydrogen-bond donors (Lipinski definition) is 0. The fraction of sp³-hybridized carbons (Fsp3) is 0. The number of benzene rings is 3.